The van der Waals surface area contributed by atoms with Crippen LogP contribution in [0.4, 0.5) is 0 Å². The number of fused-ring (bicyclic) bond motifs is 1. The molecule has 0 unspecified atom stereocenters. The molecule has 1 N–H and O–H groups in total. The molecule has 0 amide bonds. The number of carbonyl (C=O) groups excluding carboxylic acids is 1. The molecule has 27 heavy (non-hydrogen) atoms. The van der Waals surface area contributed by atoms with Crippen molar-refractivity contribution in [3.63, 3.8) is 0 Å². The van der Waals surface area contributed by atoms with Crippen molar-refractivity contribution in [2.75, 3.05) is 0 Å². The van der Waals surface area contributed by atoms with Crippen LogP contribution in [0.2, 0.25) is 0 Å². The average molecular weight is 358 g/mol. The zero-order chi connectivity index (χ0) is 19.1. The minimum Gasteiger partial charge on any atom is -0.508 e. The number of aryl methyl sites for hydroxylation is 2. The van der Waals surface area contributed by atoms with Crippen LogP contribution in [-0.4, -0.2) is 20.7 Å². The van der Waals surface area contributed by atoms with E-state index in [0.29, 0.717) is 24.1 Å². The van der Waals surface area contributed by atoms with Crippen LogP contribution in [0.15, 0.2) is 48.0 Å². The van der Waals surface area contributed by atoms with Gasteiger partial charge in [-0.2, -0.15) is 5.10 Å². The second-order valence-corrected chi connectivity index (χ2v) is 7.21. The second-order valence-electron chi connectivity index (χ2n) is 7.21. The van der Waals surface area contributed by atoms with Gasteiger partial charge in [-0.15, -0.1) is 0 Å². The highest BCUT2D eigenvalue weighted by Crippen LogP contribution is 2.34. The molecule has 0 bridgehead atoms. The SMILES string of the molecule is Cc1ccc(Cn2nc(C)c(/C=C3\Cc4c(O)cccc4C3=O)c2C)cc1. The van der Waals surface area contributed by atoms with Gasteiger partial charge in [-0.3, -0.25) is 9.48 Å². The van der Waals surface area contributed by atoms with Gasteiger partial charge in [0.2, 0.25) is 0 Å². The first-order valence-corrected chi connectivity index (χ1v) is 9.09. The third-order valence-electron chi connectivity index (χ3n) is 5.26. The summed E-state index contributed by atoms with van der Waals surface area (Å²) in [6.07, 6.45) is 2.40. The fraction of sp³-hybridized carbons (Fsp3) is 0.217. The number of carbonyl (C=O) groups is 1. The molecule has 0 radical (unpaired) electrons. The number of nitrogens with zero attached hydrogens (tertiary/aromatic N) is 2. The summed E-state index contributed by atoms with van der Waals surface area (Å²) >= 11 is 0. The zero-order valence-corrected chi connectivity index (χ0v) is 15.8. The number of phenolic OH excluding ortho intramolecular Hbond substituents is 1. The van der Waals surface area contributed by atoms with Crippen molar-refractivity contribution < 1.29 is 9.90 Å². The van der Waals surface area contributed by atoms with Crippen LogP contribution in [0, 0.1) is 20.8 Å². The van der Waals surface area contributed by atoms with Gasteiger partial charge in [0.15, 0.2) is 5.78 Å². The molecule has 0 saturated carbocycles. The smallest absolute Gasteiger partial charge is 0.189 e. The molecule has 1 aliphatic rings. The zero-order valence-electron chi connectivity index (χ0n) is 15.8. The Morgan fingerprint density at radius 3 is 2.56 bits per heavy atom. The van der Waals surface area contributed by atoms with E-state index >= 15 is 0 Å². The molecule has 0 spiro atoms. The van der Waals surface area contributed by atoms with E-state index in [1.165, 1.54) is 11.1 Å². The van der Waals surface area contributed by atoms with Crippen molar-refractivity contribution in [2.45, 2.75) is 33.7 Å². The number of benzene rings is 2. The highest BCUT2D eigenvalue weighted by molar-refractivity contribution is 6.16. The van der Waals surface area contributed by atoms with E-state index in [1.54, 1.807) is 18.2 Å². The standard InChI is InChI=1S/C23H22N2O2/c1-14-7-9-17(10-8-14)13-25-16(3)20(15(2)24-25)11-18-12-21-19(23(18)27)5-4-6-22(21)26/h4-11,26H,12-13H2,1-3H3/b18-11+. The third kappa shape index (κ3) is 3.08. The molecule has 0 aliphatic heterocycles. The molecule has 3 aromatic rings. The summed E-state index contributed by atoms with van der Waals surface area (Å²) in [6, 6.07) is 13.6. The molecule has 2 aromatic carbocycles. The average Bonchev–Trinajstić information content (AvgIpc) is 3.10. The van der Waals surface area contributed by atoms with Crippen LogP contribution in [-0.2, 0) is 13.0 Å². The maximum Gasteiger partial charge on any atom is 0.189 e. The number of aromatic hydroxyl groups is 1. The van der Waals surface area contributed by atoms with E-state index < -0.39 is 0 Å². The van der Waals surface area contributed by atoms with Crippen molar-refractivity contribution in [3.05, 3.63) is 87.2 Å². The number of phenols is 1. The summed E-state index contributed by atoms with van der Waals surface area (Å²) in [4.78, 5) is 12.7. The summed E-state index contributed by atoms with van der Waals surface area (Å²) in [5.41, 5.74) is 7.37. The maximum atomic E-state index is 12.7. The Hall–Kier alpha value is -3.14. The number of rotatable bonds is 3. The summed E-state index contributed by atoms with van der Waals surface area (Å²) in [6.45, 7) is 6.77. The molecule has 1 aliphatic carbocycles. The van der Waals surface area contributed by atoms with E-state index in [4.69, 9.17) is 0 Å². The Balaban J connectivity index is 1.67. The lowest BCUT2D eigenvalue weighted by molar-refractivity contribution is 0.104. The van der Waals surface area contributed by atoms with Gasteiger partial charge in [0.1, 0.15) is 5.75 Å². The molecule has 4 nitrogen and oxygen atoms in total. The van der Waals surface area contributed by atoms with Crippen molar-refractivity contribution in [2.24, 2.45) is 0 Å². The summed E-state index contributed by atoms with van der Waals surface area (Å²) in [7, 11) is 0. The van der Waals surface area contributed by atoms with Gasteiger partial charge >= 0.3 is 0 Å². The van der Waals surface area contributed by atoms with E-state index in [0.717, 1.165) is 22.5 Å². The largest absolute Gasteiger partial charge is 0.508 e. The predicted molar refractivity (Wildman–Crippen MR) is 106 cm³/mol. The van der Waals surface area contributed by atoms with Crippen molar-refractivity contribution in [3.8, 4) is 5.75 Å². The fourth-order valence-corrected chi connectivity index (χ4v) is 3.65. The number of ketones is 1. The molecule has 1 aromatic heterocycles. The van der Waals surface area contributed by atoms with Crippen LogP contribution in [0.3, 0.4) is 0 Å². The van der Waals surface area contributed by atoms with E-state index in [1.807, 2.05) is 24.6 Å². The lowest BCUT2D eigenvalue weighted by atomic mass is 10.1. The molecule has 0 atom stereocenters. The van der Waals surface area contributed by atoms with Gasteiger partial charge in [0, 0.05) is 34.4 Å². The Kier molecular flexibility index (Phi) is 4.19. The number of Topliss-reactive ketones (excluding diaryl/α,β-unsaturated/α-hetero) is 1. The van der Waals surface area contributed by atoms with Crippen LogP contribution >= 0.6 is 0 Å². The van der Waals surface area contributed by atoms with Crippen molar-refractivity contribution in [1.82, 2.24) is 9.78 Å². The van der Waals surface area contributed by atoms with Crippen LogP contribution in [0.5, 0.6) is 5.75 Å². The molecular weight excluding hydrogens is 336 g/mol. The lowest BCUT2D eigenvalue weighted by Crippen LogP contribution is -2.04. The molecule has 4 heteroatoms. The summed E-state index contributed by atoms with van der Waals surface area (Å²) < 4.78 is 1.98. The number of allylic oxidation sites excluding steroid dienone is 1. The monoisotopic (exact) mass is 358 g/mol. The first-order chi connectivity index (χ1) is 12.9. The van der Waals surface area contributed by atoms with E-state index in [9.17, 15) is 9.90 Å². The first kappa shape index (κ1) is 17.3. The van der Waals surface area contributed by atoms with Gasteiger partial charge in [0.05, 0.1) is 12.2 Å². The quantitative estimate of drug-likeness (QED) is 0.707. The number of hydrogen-bond acceptors (Lipinski definition) is 3. The van der Waals surface area contributed by atoms with Crippen molar-refractivity contribution >= 4 is 11.9 Å². The normalized spacial score (nSPS) is 14.8. The van der Waals surface area contributed by atoms with Crippen LogP contribution in [0.1, 0.15) is 44.0 Å². The Morgan fingerprint density at radius 1 is 1.11 bits per heavy atom. The topological polar surface area (TPSA) is 55.1 Å². The highest BCUT2D eigenvalue weighted by atomic mass is 16.3. The Labute approximate surface area is 158 Å². The second kappa shape index (κ2) is 6.54. The maximum absolute atomic E-state index is 12.7. The van der Waals surface area contributed by atoms with Gasteiger partial charge in [-0.05, 0) is 38.5 Å². The molecule has 0 fully saturated rings. The minimum atomic E-state index is -0.00835. The minimum absolute atomic E-state index is 0.00835. The molecule has 0 saturated heterocycles. The number of aromatic nitrogens is 2. The van der Waals surface area contributed by atoms with Gasteiger partial charge in [-0.25, -0.2) is 0 Å². The van der Waals surface area contributed by atoms with Crippen LogP contribution in [0.25, 0.3) is 6.08 Å². The highest BCUT2D eigenvalue weighted by Gasteiger charge is 2.27. The van der Waals surface area contributed by atoms with E-state index in [-0.39, 0.29) is 11.5 Å². The molecular formula is C23H22N2O2. The summed E-state index contributed by atoms with van der Waals surface area (Å²) in [5, 5.41) is 14.7. The molecule has 4 rings (SSSR count). The van der Waals surface area contributed by atoms with Crippen LogP contribution < -0.4 is 0 Å². The van der Waals surface area contributed by atoms with Gasteiger partial charge in [-0.1, -0.05) is 42.0 Å². The number of hydrogen-bond donors (Lipinski definition) is 1. The fourth-order valence-electron chi connectivity index (χ4n) is 3.65. The Morgan fingerprint density at radius 2 is 1.85 bits per heavy atom. The third-order valence-corrected chi connectivity index (χ3v) is 5.26. The lowest BCUT2D eigenvalue weighted by Gasteiger charge is -2.05. The predicted octanol–water partition coefficient (Wildman–Crippen LogP) is 4.38. The van der Waals surface area contributed by atoms with E-state index in [2.05, 4.69) is 36.3 Å². The van der Waals surface area contributed by atoms with Gasteiger partial charge in [0.25, 0.3) is 0 Å². The first-order valence-electron chi connectivity index (χ1n) is 9.09. The Bertz CT molecular complexity index is 1070. The molecule has 1 heterocycles. The van der Waals surface area contributed by atoms with Gasteiger partial charge < -0.3 is 5.11 Å². The summed E-state index contributed by atoms with van der Waals surface area (Å²) in [5.74, 6) is 0.179. The van der Waals surface area contributed by atoms with Crippen molar-refractivity contribution in [1.29, 1.82) is 0 Å². The molecule has 136 valence electrons.